The van der Waals surface area contributed by atoms with Gasteiger partial charge >= 0.3 is 5.97 Å². The molecule has 33 heavy (non-hydrogen) atoms. The van der Waals surface area contributed by atoms with Crippen LogP contribution in [0.2, 0.25) is 5.02 Å². The number of esters is 1. The van der Waals surface area contributed by atoms with Gasteiger partial charge in [0.25, 0.3) is 17.7 Å². The van der Waals surface area contributed by atoms with E-state index in [9.17, 15) is 24.0 Å². The summed E-state index contributed by atoms with van der Waals surface area (Å²) >= 11 is 5.91. The minimum atomic E-state index is -0.847. The van der Waals surface area contributed by atoms with Gasteiger partial charge in [-0.25, -0.2) is 0 Å². The van der Waals surface area contributed by atoms with Crippen molar-refractivity contribution in [1.29, 1.82) is 0 Å². The molecule has 1 aliphatic rings. The zero-order valence-electron chi connectivity index (χ0n) is 17.6. The number of benzene rings is 2. The van der Waals surface area contributed by atoms with Gasteiger partial charge in [0, 0.05) is 12.0 Å². The molecule has 1 atom stereocenters. The van der Waals surface area contributed by atoms with Crippen LogP contribution in [0.25, 0.3) is 0 Å². The second-order valence-corrected chi connectivity index (χ2v) is 7.66. The topological polar surface area (TPSA) is 134 Å². The third kappa shape index (κ3) is 6.07. The average molecular weight is 473 g/mol. The SMILES string of the molecule is Cc1ccccc1C(=O)NN1C[C@@H](C(=O)OCC(=O)NNC(=O)c2ccccc2Cl)CC1=O. The molecule has 1 heterocycles. The molecule has 4 amide bonds. The van der Waals surface area contributed by atoms with E-state index in [2.05, 4.69) is 16.3 Å². The van der Waals surface area contributed by atoms with E-state index in [-0.39, 0.29) is 23.6 Å². The van der Waals surface area contributed by atoms with E-state index in [4.69, 9.17) is 16.3 Å². The summed E-state index contributed by atoms with van der Waals surface area (Å²) in [6.07, 6.45) is -0.169. The first-order valence-corrected chi connectivity index (χ1v) is 10.3. The number of aryl methyl sites for hydroxylation is 1. The van der Waals surface area contributed by atoms with Gasteiger partial charge in [-0.3, -0.25) is 45.3 Å². The average Bonchev–Trinajstić information content (AvgIpc) is 3.16. The number of halogens is 1. The number of carbonyl (C=O) groups is 5. The smallest absolute Gasteiger partial charge is 0.311 e. The van der Waals surface area contributed by atoms with E-state index in [1.807, 2.05) is 0 Å². The third-order valence-electron chi connectivity index (χ3n) is 4.86. The van der Waals surface area contributed by atoms with Gasteiger partial charge in [-0.15, -0.1) is 0 Å². The highest BCUT2D eigenvalue weighted by atomic mass is 35.5. The van der Waals surface area contributed by atoms with E-state index in [1.165, 1.54) is 12.1 Å². The molecule has 0 aromatic heterocycles. The lowest BCUT2D eigenvalue weighted by Crippen LogP contribution is -2.44. The summed E-state index contributed by atoms with van der Waals surface area (Å²) in [6.45, 7) is 1.02. The monoisotopic (exact) mass is 472 g/mol. The number of amides is 4. The van der Waals surface area contributed by atoms with Crippen molar-refractivity contribution in [2.45, 2.75) is 13.3 Å². The van der Waals surface area contributed by atoms with Gasteiger partial charge in [-0.05, 0) is 30.7 Å². The Kier molecular flexibility index (Phi) is 7.62. The van der Waals surface area contributed by atoms with E-state index < -0.39 is 42.1 Å². The highest BCUT2D eigenvalue weighted by molar-refractivity contribution is 6.33. The van der Waals surface area contributed by atoms with Crippen LogP contribution in [-0.2, 0) is 19.1 Å². The van der Waals surface area contributed by atoms with Crippen LogP contribution < -0.4 is 16.3 Å². The largest absolute Gasteiger partial charge is 0.455 e. The number of hydrogen-bond donors (Lipinski definition) is 3. The Morgan fingerprint density at radius 2 is 1.67 bits per heavy atom. The second kappa shape index (κ2) is 10.6. The maximum Gasteiger partial charge on any atom is 0.311 e. The second-order valence-electron chi connectivity index (χ2n) is 7.25. The first-order chi connectivity index (χ1) is 15.8. The quantitative estimate of drug-likeness (QED) is 0.426. The van der Waals surface area contributed by atoms with E-state index >= 15 is 0 Å². The molecule has 0 spiro atoms. The molecule has 2 aromatic carbocycles. The first-order valence-electron chi connectivity index (χ1n) is 9.93. The number of hydrazine groups is 2. The Balaban J connectivity index is 1.44. The summed E-state index contributed by atoms with van der Waals surface area (Å²) in [7, 11) is 0. The number of ether oxygens (including phenoxy) is 1. The van der Waals surface area contributed by atoms with Crippen molar-refractivity contribution in [1.82, 2.24) is 21.3 Å². The number of rotatable bonds is 6. The minimum Gasteiger partial charge on any atom is -0.455 e. The molecular weight excluding hydrogens is 452 g/mol. The van der Waals surface area contributed by atoms with Crippen molar-refractivity contribution in [3.8, 4) is 0 Å². The molecule has 172 valence electrons. The van der Waals surface area contributed by atoms with Crippen molar-refractivity contribution in [2.24, 2.45) is 5.92 Å². The van der Waals surface area contributed by atoms with Crippen LogP contribution in [0.5, 0.6) is 0 Å². The zero-order valence-corrected chi connectivity index (χ0v) is 18.3. The third-order valence-corrected chi connectivity index (χ3v) is 5.19. The van der Waals surface area contributed by atoms with Crippen molar-refractivity contribution in [3.05, 3.63) is 70.2 Å². The molecule has 0 bridgehead atoms. The Bertz CT molecular complexity index is 1110. The molecule has 0 unspecified atom stereocenters. The summed E-state index contributed by atoms with van der Waals surface area (Å²) in [5.41, 5.74) is 8.08. The predicted octanol–water partition coefficient (Wildman–Crippen LogP) is 1.15. The summed E-state index contributed by atoms with van der Waals surface area (Å²) in [5, 5.41) is 1.27. The van der Waals surface area contributed by atoms with Gasteiger partial charge in [0.05, 0.1) is 23.0 Å². The van der Waals surface area contributed by atoms with Crippen LogP contribution in [0.4, 0.5) is 0 Å². The van der Waals surface area contributed by atoms with Crippen LogP contribution in [0, 0.1) is 12.8 Å². The minimum absolute atomic E-state index is 0.0832. The van der Waals surface area contributed by atoms with Crippen molar-refractivity contribution in [2.75, 3.05) is 13.2 Å². The summed E-state index contributed by atoms with van der Waals surface area (Å²) in [4.78, 5) is 60.7. The van der Waals surface area contributed by atoms with Crippen molar-refractivity contribution < 1.29 is 28.7 Å². The molecule has 10 nitrogen and oxygen atoms in total. The number of nitrogens with one attached hydrogen (secondary N) is 3. The van der Waals surface area contributed by atoms with Gasteiger partial charge in [0.2, 0.25) is 5.91 Å². The van der Waals surface area contributed by atoms with Gasteiger partial charge in [-0.1, -0.05) is 41.9 Å². The van der Waals surface area contributed by atoms with Crippen molar-refractivity contribution >= 4 is 41.2 Å². The fourth-order valence-corrected chi connectivity index (χ4v) is 3.34. The summed E-state index contributed by atoms with van der Waals surface area (Å²) in [5.74, 6) is -3.96. The molecule has 0 saturated carbocycles. The molecule has 1 saturated heterocycles. The van der Waals surface area contributed by atoms with Crippen LogP contribution in [0.1, 0.15) is 32.7 Å². The fourth-order valence-electron chi connectivity index (χ4n) is 3.11. The lowest BCUT2D eigenvalue weighted by atomic mass is 10.1. The van der Waals surface area contributed by atoms with Crippen LogP contribution in [-0.4, -0.2) is 47.8 Å². The maximum absolute atomic E-state index is 12.4. The van der Waals surface area contributed by atoms with Gasteiger partial charge < -0.3 is 4.74 Å². The highest BCUT2D eigenvalue weighted by Crippen LogP contribution is 2.18. The Hall–Kier alpha value is -3.92. The normalized spacial score (nSPS) is 15.0. The summed E-state index contributed by atoms with van der Waals surface area (Å²) < 4.78 is 4.93. The molecule has 0 aliphatic carbocycles. The van der Waals surface area contributed by atoms with E-state index in [0.29, 0.717) is 5.56 Å². The van der Waals surface area contributed by atoms with Crippen molar-refractivity contribution in [3.63, 3.8) is 0 Å². The van der Waals surface area contributed by atoms with Crippen LogP contribution >= 0.6 is 11.6 Å². The van der Waals surface area contributed by atoms with Crippen LogP contribution in [0.3, 0.4) is 0 Å². The van der Waals surface area contributed by atoms with Gasteiger partial charge in [0.1, 0.15) is 0 Å². The molecule has 2 aromatic rings. The van der Waals surface area contributed by atoms with E-state index in [0.717, 1.165) is 10.6 Å². The Morgan fingerprint density at radius 3 is 2.36 bits per heavy atom. The molecule has 0 radical (unpaired) electrons. The first kappa shape index (κ1) is 23.7. The summed E-state index contributed by atoms with van der Waals surface area (Å²) in [6, 6.07) is 13.1. The molecular formula is C22H21ClN4O6. The maximum atomic E-state index is 12.4. The zero-order chi connectivity index (χ0) is 24.0. The molecule has 11 heteroatoms. The molecule has 3 rings (SSSR count). The number of hydrogen-bond acceptors (Lipinski definition) is 6. The van der Waals surface area contributed by atoms with Crippen LogP contribution in [0.15, 0.2) is 48.5 Å². The number of nitrogens with zero attached hydrogens (tertiary/aromatic N) is 1. The highest BCUT2D eigenvalue weighted by Gasteiger charge is 2.36. The Morgan fingerprint density at radius 1 is 1.00 bits per heavy atom. The Labute approximate surface area is 194 Å². The molecule has 1 aliphatic heterocycles. The molecule has 3 N–H and O–H groups in total. The lowest BCUT2D eigenvalue weighted by Gasteiger charge is -2.18. The fraction of sp³-hybridized carbons (Fsp3) is 0.227. The van der Waals surface area contributed by atoms with Gasteiger partial charge in [-0.2, -0.15) is 0 Å². The van der Waals surface area contributed by atoms with E-state index in [1.54, 1.807) is 43.3 Å². The predicted molar refractivity (Wildman–Crippen MR) is 116 cm³/mol. The number of carbonyl (C=O) groups excluding carboxylic acids is 5. The standard InChI is InChI=1S/C22H21ClN4O6/c1-13-6-2-3-7-15(13)21(31)26-27-11-14(10-19(27)29)22(32)33-12-18(28)24-25-20(30)16-8-4-5-9-17(16)23/h2-9,14H,10-12H2,1H3,(H,24,28)(H,25,30)(H,26,31)/t14-/m0/s1. The molecule has 1 fully saturated rings. The van der Waals surface area contributed by atoms with Gasteiger partial charge in [0.15, 0.2) is 6.61 Å². The lowest BCUT2D eigenvalue weighted by molar-refractivity contribution is -0.152.